The predicted molar refractivity (Wildman–Crippen MR) is 269 cm³/mol. The second-order valence-corrected chi connectivity index (χ2v) is 22.0. The van der Waals surface area contributed by atoms with Crippen molar-refractivity contribution >= 4 is 70.9 Å². The number of nitrogens with one attached hydrogen (secondary N) is 3. The van der Waals surface area contributed by atoms with Crippen LogP contribution in [0.5, 0.6) is 0 Å². The lowest BCUT2D eigenvalue weighted by Gasteiger charge is -2.21. The third-order valence-corrected chi connectivity index (χ3v) is 16.7. The number of thioether (sulfide) groups is 1. The van der Waals surface area contributed by atoms with Gasteiger partial charge in [0, 0.05) is 64.0 Å². The Morgan fingerprint density at radius 3 is 1.36 bits per heavy atom. The highest BCUT2D eigenvalue weighted by Gasteiger charge is 2.60. The highest BCUT2D eigenvalue weighted by Crippen LogP contribution is 2.53. The van der Waals surface area contributed by atoms with Gasteiger partial charge in [-0.25, -0.2) is 4.79 Å². The quantitative estimate of drug-likeness (QED) is 0.0429. The maximum absolute atomic E-state index is 14.3. The van der Waals surface area contributed by atoms with Crippen molar-refractivity contribution in [3.05, 3.63) is 49.6 Å². The van der Waals surface area contributed by atoms with Gasteiger partial charge in [-0.15, -0.1) is 24.9 Å². The van der Waals surface area contributed by atoms with Crippen molar-refractivity contribution in [2.24, 2.45) is 71.0 Å². The Labute approximate surface area is 431 Å². The number of carboxylic acids is 1. The van der Waals surface area contributed by atoms with Crippen LogP contribution in [0.4, 0.5) is 0 Å². The molecule has 6 aliphatic rings. The van der Waals surface area contributed by atoms with E-state index in [-0.39, 0.29) is 160 Å². The summed E-state index contributed by atoms with van der Waals surface area (Å²) in [7, 11) is 0. The molecule has 400 valence electrons. The van der Waals surface area contributed by atoms with Crippen LogP contribution >= 0.6 is 11.8 Å². The molecule has 0 aromatic heterocycles. The highest BCUT2D eigenvalue weighted by atomic mass is 32.2. The number of hydrogen-bond acceptors (Lipinski definition) is 13. The molecule has 0 spiro atoms. The number of likely N-dealkylation sites (tertiary alicyclic amines) is 3. The lowest BCUT2D eigenvalue weighted by Crippen LogP contribution is -2.36. The number of ether oxygens (including phenoxy) is 1. The zero-order valence-corrected chi connectivity index (χ0v) is 43.3. The second-order valence-electron chi connectivity index (χ2n) is 20.6. The first-order chi connectivity index (χ1) is 34.8. The largest absolute Gasteiger partial charge is 0.479 e. The number of aliphatic carboxylic acids is 1. The molecule has 19 nitrogen and oxygen atoms in total. The van der Waals surface area contributed by atoms with E-state index in [1.807, 2.05) is 45.1 Å². The fourth-order valence-corrected chi connectivity index (χ4v) is 12.8. The summed E-state index contributed by atoms with van der Waals surface area (Å²) in [4.78, 5) is 136. The Hall–Kier alpha value is -5.47. The summed E-state index contributed by atoms with van der Waals surface area (Å²) in [5.74, 6) is -9.47. The molecule has 3 heterocycles. The molecule has 14 atom stereocenters. The van der Waals surface area contributed by atoms with Gasteiger partial charge in [-0.3, -0.25) is 57.9 Å². The third-order valence-electron chi connectivity index (χ3n) is 15.5. The highest BCUT2D eigenvalue weighted by molar-refractivity contribution is 8.00. The zero-order chi connectivity index (χ0) is 53.3. The molecule has 6 fully saturated rings. The number of nitrogens with zero attached hydrogens (tertiary/aromatic N) is 3. The van der Waals surface area contributed by atoms with E-state index >= 15 is 0 Å². The van der Waals surface area contributed by atoms with Crippen LogP contribution in [-0.4, -0.2) is 153 Å². The molecule has 3 aliphatic carbocycles. The van der Waals surface area contributed by atoms with Gasteiger partial charge in [-0.1, -0.05) is 36.5 Å². The van der Waals surface area contributed by atoms with Crippen molar-refractivity contribution in [2.75, 3.05) is 51.7 Å². The number of rotatable bonds is 28. The molecule has 9 amide bonds. The lowest BCUT2D eigenvalue weighted by molar-refractivity contribution is -0.150. The molecular weight excluding hydrogens is 961 g/mol. The Balaban J connectivity index is 1.13. The number of aliphatic hydroxyl groups is 1. The van der Waals surface area contributed by atoms with E-state index in [4.69, 9.17) is 14.9 Å². The first-order valence-electron chi connectivity index (χ1n) is 25.9. The number of hydrogen-bond donors (Lipinski definition) is 5. The number of fused-ring (bicyclic) bond motifs is 3. The van der Waals surface area contributed by atoms with Crippen LogP contribution in [-0.2, 0) is 52.7 Å². The number of carbonyl (C=O) groups is 10. The Morgan fingerprint density at radius 1 is 0.616 bits per heavy atom. The Kier molecular flexibility index (Phi) is 20.0. The van der Waals surface area contributed by atoms with Crippen LogP contribution in [0.1, 0.15) is 79.1 Å². The van der Waals surface area contributed by atoms with Gasteiger partial charge in [0.1, 0.15) is 0 Å². The van der Waals surface area contributed by atoms with Crippen molar-refractivity contribution in [2.45, 2.75) is 96.5 Å². The summed E-state index contributed by atoms with van der Waals surface area (Å²) in [5, 5.41) is 26.3. The second kappa shape index (κ2) is 25.7. The molecule has 0 bridgehead atoms. The molecule has 0 aromatic carbocycles. The average Bonchev–Trinajstić information content (AvgIpc) is 4.17. The van der Waals surface area contributed by atoms with E-state index in [2.05, 4.69) is 29.1 Å². The number of imide groups is 3. The SMILES string of the molecule is C=CC1CC(C=CC2CC(C=CC3CC(C=C)C4C(=O)N(CCCC(=O)NCCSC(C)C(=O)NC(C)C)C(=O)C34)C3C(=O)N(CCCC(=O)NCCO)C(=O)C23)C2C(=O)N(CCCOC(C)C(=O)O)C(=O)C12. The van der Waals surface area contributed by atoms with Gasteiger partial charge in [0.15, 0.2) is 6.10 Å². The normalized spacial score (nSPS) is 30.5. The van der Waals surface area contributed by atoms with Gasteiger partial charge in [-0.2, -0.15) is 0 Å². The van der Waals surface area contributed by atoms with Crippen LogP contribution in [0.3, 0.4) is 0 Å². The third kappa shape index (κ3) is 12.9. The standard InChI is InChI=1S/C53H74N6O13S/c1-7-32-26-34(42-40(32)47(64)57(49(42)66)20-10-13-39(62)55-19-25-73-31(6)46(63)56-29(3)4)14-16-36-28-37(45-44(36)51(68)58(52(45)69)21-9-12-38(61)54-18-23-60)17-15-35-27-33(8-2)41-43(35)50(67)59(48(41)65)22-11-24-72-30(5)53(70)71/h7-8,14-17,29-37,40-45,60H,1-2,9-13,18-28H2,3-6H3,(H,54,61)(H,55,62)(H,56,63)(H,70,71). The topological polar surface area (TPSA) is 266 Å². The Morgan fingerprint density at radius 2 is 0.986 bits per heavy atom. The lowest BCUT2D eigenvalue weighted by atomic mass is 9.86. The van der Waals surface area contributed by atoms with Crippen LogP contribution in [0.15, 0.2) is 49.6 Å². The van der Waals surface area contributed by atoms with Gasteiger partial charge in [0.25, 0.3) is 0 Å². The van der Waals surface area contributed by atoms with Crippen molar-refractivity contribution in [1.29, 1.82) is 0 Å². The van der Waals surface area contributed by atoms with Gasteiger partial charge in [0.05, 0.1) is 47.4 Å². The van der Waals surface area contributed by atoms with E-state index < -0.39 is 59.4 Å². The molecule has 3 saturated carbocycles. The fourth-order valence-electron chi connectivity index (χ4n) is 12.0. The van der Waals surface area contributed by atoms with E-state index in [0.29, 0.717) is 31.6 Å². The molecule has 0 aromatic rings. The van der Waals surface area contributed by atoms with Crippen LogP contribution in [0.2, 0.25) is 0 Å². The molecular formula is C53H74N6O13S. The molecule has 14 unspecified atom stereocenters. The number of amides is 9. The zero-order valence-electron chi connectivity index (χ0n) is 42.5. The predicted octanol–water partition coefficient (Wildman–Crippen LogP) is 2.49. The molecule has 3 aliphatic heterocycles. The summed E-state index contributed by atoms with van der Waals surface area (Å²) >= 11 is 1.43. The fraction of sp³-hybridized carbons (Fsp3) is 0.660. The van der Waals surface area contributed by atoms with Crippen LogP contribution in [0, 0.1) is 71.0 Å². The van der Waals surface area contributed by atoms with Crippen molar-refractivity contribution < 1.29 is 62.9 Å². The maximum atomic E-state index is 14.3. The van der Waals surface area contributed by atoms with Crippen molar-refractivity contribution in [3.63, 3.8) is 0 Å². The van der Waals surface area contributed by atoms with Gasteiger partial charge in [-0.05, 0) is 102 Å². The smallest absolute Gasteiger partial charge is 0.332 e. The summed E-state index contributed by atoms with van der Waals surface area (Å²) in [6, 6.07) is 0.0316. The average molecular weight is 1040 g/mol. The monoisotopic (exact) mass is 1030 g/mol. The molecule has 0 radical (unpaired) electrons. The van der Waals surface area contributed by atoms with E-state index in [1.165, 1.54) is 33.4 Å². The first-order valence-corrected chi connectivity index (χ1v) is 27.0. The Bertz CT molecular complexity index is 2220. The number of aliphatic hydroxyl groups excluding tert-OH is 1. The molecule has 6 rings (SSSR count). The summed E-state index contributed by atoms with van der Waals surface area (Å²) in [5.41, 5.74) is 0. The van der Waals surface area contributed by atoms with E-state index in [1.54, 1.807) is 12.2 Å². The maximum Gasteiger partial charge on any atom is 0.332 e. The number of carbonyl (C=O) groups excluding carboxylic acids is 9. The molecule has 5 N–H and O–H groups in total. The van der Waals surface area contributed by atoms with Crippen LogP contribution < -0.4 is 16.0 Å². The number of allylic oxidation sites excluding steroid dienone is 6. The summed E-state index contributed by atoms with van der Waals surface area (Å²) in [6.45, 7) is 15.4. The van der Waals surface area contributed by atoms with Gasteiger partial charge >= 0.3 is 5.97 Å². The van der Waals surface area contributed by atoms with E-state index in [9.17, 15) is 47.9 Å². The summed E-state index contributed by atoms with van der Waals surface area (Å²) < 4.78 is 5.32. The summed E-state index contributed by atoms with van der Waals surface area (Å²) in [6.07, 6.45) is 12.2. The molecule has 3 saturated heterocycles. The van der Waals surface area contributed by atoms with Crippen molar-refractivity contribution in [3.8, 4) is 0 Å². The first kappa shape index (κ1) is 56.8. The van der Waals surface area contributed by atoms with Gasteiger partial charge < -0.3 is 30.9 Å². The van der Waals surface area contributed by atoms with E-state index in [0.717, 1.165) is 0 Å². The minimum Gasteiger partial charge on any atom is -0.479 e. The van der Waals surface area contributed by atoms with Crippen LogP contribution in [0.25, 0.3) is 0 Å². The number of carboxylic acid groups (broad SMARTS) is 1. The molecule has 20 heteroatoms. The minimum atomic E-state index is -1.12. The minimum absolute atomic E-state index is 0.0165. The molecule has 73 heavy (non-hydrogen) atoms. The van der Waals surface area contributed by atoms with Gasteiger partial charge in [0.2, 0.25) is 53.2 Å². The van der Waals surface area contributed by atoms with Crippen molar-refractivity contribution in [1.82, 2.24) is 30.7 Å².